The summed E-state index contributed by atoms with van der Waals surface area (Å²) in [4.78, 5) is 25.0. The summed E-state index contributed by atoms with van der Waals surface area (Å²) in [6, 6.07) is -0.411. The van der Waals surface area contributed by atoms with E-state index in [1.54, 1.807) is 7.05 Å². The molecular weight excluding hydrogens is 186 g/mol. The number of aliphatic hydroxyl groups excluding tert-OH is 1. The largest absolute Gasteiger partial charge is 0.380 e. The van der Waals surface area contributed by atoms with Gasteiger partial charge in [0.05, 0.1) is 0 Å². The van der Waals surface area contributed by atoms with Crippen molar-refractivity contribution in [2.24, 2.45) is 0 Å². The van der Waals surface area contributed by atoms with Crippen LogP contribution in [0.4, 0.5) is 4.79 Å². The van der Waals surface area contributed by atoms with Crippen molar-refractivity contribution in [3.05, 3.63) is 0 Å². The van der Waals surface area contributed by atoms with E-state index in [0.29, 0.717) is 6.54 Å². The summed E-state index contributed by atoms with van der Waals surface area (Å²) in [6.07, 6.45) is -1.82. The van der Waals surface area contributed by atoms with Crippen molar-refractivity contribution in [2.45, 2.75) is 19.2 Å². The molecule has 3 amide bonds. The molecule has 80 valence electrons. The molecule has 0 aromatic heterocycles. The van der Waals surface area contributed by atoms with Gasteiger partial charge in [0.2, 0.25) is 0 Å². The highest BCUT2D eigenvalue weighted by Crippen LogP contribution is 2.12. The van der Waals surface area contributed by atoms with Crippen molar-refractivity contribution in [3.8, 4) is 0 Å². The third kappa shape index (κ3) is 1.58. The molecule has 0 spiro atoms. The van der Waals surface area contributed by atoms with Crippen LogP contribution in [0, 0.1) is 0 Å². The molecular formula is C8H15N3O3. The van der Waals surface area contributed by atoms with Crippen molar-refractivity contribution < 1.29 is 14.7 Å². The number of carbonyl (C=O) groups is 2. The number of nitrogens with one attached hydrogen (secondary N) is 1. The smallest absolute Gasteiger partial charge is 0.327 e. The van der Waals surface area contributed by atoms with Crippen LogP contribution in [0.3, 0.4) is 0 Å². The first-order valence-electron chi connectivity index (χ1n) is 4.46. The number of amides is 3. The second-order valence-corrected chi connectivity index (χ2v) is 3.24. The number of rotatable bonds is 2. The highest BCUT2D eigenvalue weighted by molar-refractivity contribution is 5.99. The van der Waals surface area contributed by atoms with Gasteiger partial charge in [-0.05, 0) is 6.54 Å². The zero-order valence-corrected chi connectivity index (χ0v) is 8.52. The maximum atomic E-state index is 11.4. The summed E-state index contributed by atoms with van der Waals surface area (Å²) >= 11 is 0. The SMILES string of the molecule is CCN[C@@H]1[C@@H](O)C(=O)N(C)C(=O)N1C. The van der Waals surface area contributed by atoms with Crippen LogP contribution in [-0.2, 0) is 4.79 Å². The summed E-state index contributed by atoms with van der Waals surface area (Å²) in [7, 11) is 2.90. The Morgan fingerprint density at radius 1 is 1.43 bits per heavy atom. The standard InChI is InChI=1S/C8H15N3O3/c1-4-9-6-5(12)7(13)11(3)8(14)10(6)2/h5-6,9,12H,4H2,1-3H3/t5-,6+/m1/s1. The number of nitrogens with zero attached hydrogens (tertiary/aromatic N) is 2. The van der Waals surface area contributed by atoms with Gasteiger partial charge in [0.25, 0.3) is 5.91 Å². The minimum absolute atomic E-state index is 0.411. The van der Waals surface area contributed by atoms with Gasteiger partial charge in [0.15, 0.2) is 6.10 Å². The molecule has 1 aliphatic heterocycles. The monoisotopic (exact) mass is 201 g/mol. The molecule has 6 heteroatoms. The first-order chi connectivity index (χ1) is 6.50. The summed E-state index contributed by atoms with van der Waals surface area (Å²) in [6.45, 7) is 2.42. The average molecular weight is 201 g/mol. The fourth-order valence-electron chi connectivity index (χ4n) is 1.45. The molecule has 6 nitrogen and oxygen atoms in total. The quantitative estimate of drug-likeness (QED) is 0.589. The molecule has 1 heterocycles. The molecule has 2 atom stereocenters. The Kier molecular flexibility index (Phi) is 3.07. The first kappa shape index (κ1) is 10.9. The Morgan fingerprint density at radius 3 is 2.50 bits per heavy atom. The maximum Gasteiger partial charge on any atom is 0.327 e. The van der Waals surface area contributed by atoms with Crippen LogP contribution in [0.1, 0.15) is 6.92 Å². The molecule has 0 saturated carbocycles. The van der Waals surface area contributed by atoms with Crippen molar-refractivity contribution in [1.82, 2.24) is 15.1 Å². The third-order valence-corrected chi connectivity index (χ3v) is 2.30. The Hall–Kier alpha value is -1.14. The van der Waals surface area contributed by atoms with E-state index in [1.165, 1.54) is 11.9 Å². The minimum Gasteiger partial charge on any atom is -0.380 e. The van der Waals surface area contributed by atoms with E-state index in [1.807, 2.05) is 6.92 Å². The van der Waals surface area contributed by atoms with Gasteiger partial charge in [0, 0.05) is 14.1 Å². The van der Waals surface area contributed by atoms with Crippen LogP contribution in [0.5, 0.6) is 0 Å². The molecule has 1 aliphatic rings. The number of urea groups is 1. The fourth-order valence-corrected chi connectivity index (χ4v) is 1.45. The van der Waals surface area contributed by atoms with Crippen LogP contribution in [0.15, 0.2) is 0 Å². The topological polar surface area (TPSA) is 72.9 Å². The molecule has 1 saturated heterocycles. The molecule has 0 aromatic carbocycles. The van der Waals surface area contributed by atoms with Gasteiger partial charge in [-0.3, -0.25) is 15.0 Å². The van der Waals surface area contributed by atoms with E-state index in [0.717, 1.165) is 4.90 Å². The van der Waals surface area contributed by atoms with E-state index >= 15 is 0 Å². The summed E-state index contributed by atoms with van der Waals surface area (Å²) < 4.78 is 0. The van der Waals surface area contributed by atoms with E-state index in [4.69, 9.17) is 0 Å². The molecule has 14 heavy (non-hydrogen) atoms. The molecule has 1 fully saturated rings. The van der Waals surface area contributed by atoms with Crippen LogP contribution in [0.2, 0.25) is 0 Å². The second kappa shape index (κ2) is 3.93. The number of hydrogen-bond acceptors (Lipinski definition) is 4. The van der Waals surface area contributed by atoms with Crippen LogP contribution in [0.25, 0.3) is 0 Å². The summed E-state index contributed by atoms with van der Waals surface area (Å²) in [5, 5.41) is 12.5. The second-order valence-electron chi connectivity index (χ2n) is 3.24. The zero-order chi connectivity index (χ0) is 10.9. The molecule has 0 aliphatic carbocycles. The lowest BCUT2D eigenvalue weighted by atomic mass is 10.2. The normalized spacial score (nSPS) is 28.6. The van der Waals surface area contributed by atoms with Crippen molar-refractivity contribution in [1.29, 1.82) is 0 Å². The molecule has 2 N–H and O–H groups in total. The lowest BCUT2D eigenvalue weighted by Gasteiger charge is -2.39. The van der Waals surface area contributed by atoms with Gasteiger partial charge < -0.3 is 10.0 Å². The highest BCUT2D eigenvalue weighted by atomic mass is 16.3. The van der Waals surface area contributed by atoms with Crippen LogP contribution >= 0.6 is 0 Å². The lowest BCUT2D eigenvalue weighted by molar-refractivity contribution is -0.144. The van der Waals surface area contributed by atoms with Crippen molar-refractivity contribution in [3.63, 3.8) is 0 Å². The predicted molar refractivity (Wildman–Crippen MR) is 49.4 cm³/mol. The van der Waals surface area contributed by atoms with Crippen molar-refractivity contribution >= 4 is 11.9 Å². The van der Waals surface area contributed by atoms with E-state index in [9.17, 15) is 14.7 Å². The third-order valence-electron chi connectivity index (χ3n) is 2.30. The Balaban J connectivity index is 2.86. The predicted octanol–water partition coefficient (Wildman–Crippen LogP) is -1.19. The Labute approximate surface area is 82.5 Å². The highest BCUT2D eigenvalue weighted by Gasteiger charge is 2.41. The van der Waals surface area contributed by atoms with Crippen LogP contribution < -0.4 is 5.32 Å². The molecule has 0 unspecified atom stereocenters. The van der Waals surface area contributed by atoms with Gasteiger partial charge in [-0.1, -0.05) is 6.92 Å². The van der Waals surface area contributed by atoms with Gasteiger partial charge >= 0.3 is 6.03 Å². The van der Waals surface area contributed by atoms with Crippen molar-refractivity contribution in [2.75, 3.05) is 20.6 Å². The Bertz CT molecular complexity index is 234. The lowest BCUT2D eigenvalue weighted by Crippen LogP contribution is -2.66. The van der Waals surface area contributed by atoms with E-state index in [-0.39, 0.29) is 0 Å². The fraction of sp³-hybridized carbons (Fsp3) is 0.750. The van der Waals surface area contributed by atoms with Gasteiger partial charge in [-0.15, -0.1) is 0 Å². The van der Waals surface area contributed by atoms with Gasteiger partial charge in [-0.25, -0.2) is 4.79 Å². The minimum atomic E-state index is -1.19. The summed E-state index contributed by atoms with van der Waals surface area (Å²) in [5.74, 6) is -0.570. The van der Waals surface area contributed by atoms with Crippen LogP contribution in [-0.4, -0.2) is 59.8 Å². The Morgan fingerprint density at radius 2 is 2.00 bits per heavy atom. The first-order valence-corrected chi connectivity index (χ1v) is 4.46. The number of aliphatic hydroxyl groups is 1. The van der Waals surface area contributed by atoms with E-state index in [2.05, 4.69) is 5.32 Å². The average Bonchev–Trinajstić information content (AvgIpc) is 2.19. The van der Waals surface area contributed by atoms with Gasteiger partial charge in [0.1, 0.15) is 6.17 Å². The number of carbonyl (C=O) groups excluding carboxylic acids is 2. The molecule has 0 radical (unpaired) electrons. The number of imide groups is 1. The summed E-state index contributed by atoms with van der Waals surface area (Å²) in [5.41, 5.74) is 0. The maximum absolute atomic E-state index is 11.4. The number of hydrogen-bond donors (Lipinski definition) is 2. The number of likely N-dealkylation sites (N-methyl/N-ethyl adjacent to an activating group) is 3. The molecule has 1 rings (SSSR count). The van der Waals surface area contributed by atoms with E-state index < -0.39 is 24.2 Å². The molecule has 0 aromatic rings. The molecule has 0 bridgehead atoms. The van der Waals surface area contributed by atoms with Gasteiger partial charge in [-0.2, -0.15) is 0 Å². The zero-order valence-electron chi connectivity index (χ0n) is 8.52.